The minimum atomic E-state index is -3.48. The molecule has 0 aromatic carbocycles. The first-order valence-corrected chi connectivity index (χ1v) is 1.21. The predicted octanol–water partition coefficient (Wildman–Crippen LogP) is 1.14. The maximum absolute atomic E-state index is 10.4. The zero-order valence-electron chi connectivity index (χ0n) is 3.67. The second-order valence-corrected chi connectivity index (χ2v) is 0.669. The van der Waals surface area contributed by atoms with Crippen molar-refractivity contribution in [1.29, 1.82) is 0 Å². The van der Waals surface area contributed by atoms with Crippen molar-refractivity contribution in [2.24, 2.45) is 0 Å². The van der Waals surface area contributed by atoms with Crippen LogP contribution in [0.15, 0.2) is 0 Å². The average Bonchev–Trinajstić information content (AvgIpc) is 1.36. The summed E-state index contributed by atoms with van der Waals surface area (Å²) in [6, 6.07) is 0. The van der Waals surface area contributed by atoms with Gasteiger partial charge in [0, 0.05) is 51.4 Å². The average molecular weight is 141 g/mol. The smallest absolute Gasteiger partial charge is 0.204 e. The topological polar surface area (TPSA) is 0 Å². The molecule has 0 bridgehead atoms. The van der Waals surface area contributed by atoms with E-state index in [2.05, 4.69) is 0 Å². The van der Waals surface area contributed by atoms with Gasteiger partial charge < -0.3 is 0 Å². The number of hydrogen-bond acceptors (Lipinski definition) is 0. The minimum Gasteiger partial charge on any atom is -0.204 e. The van der Waals surface area contributed by atoms with E-state index >= 15 is 0 Å². The Bertz CT molecular complexity index is 30.7. The van der Waals surface area contributed by atoms with Crippen LogP contribution in [0, 0.1) is 0 Å². The van der Waals surface area contributed by atoms with E-state index < -0.39 is 12.9 Å². The maximum Gasteiger partial charge on any atom is 0.298 e. The molecule has 0 aliphatic heterocycles. The Morgan fingerprint density at radius 3 is 0.857 bits per heavy atom. The molecule has 0 atom stereocenters. The van der Waals surface area contributed by atoms with Crippen LogP contribution >= 0.6 is 0 Å². The van der Waals surface area contributed by atoms with E-state index in [1.54, 1.807) is 0 Å². The molecule has 0 rings (SSSR count). The second kappa shape index (κ2) is 5.49. The Labute approximate surface area is 80.7 Å². The summed E-state index contributed by atoms with van der Waals surface area (Å²) >= 11 is 0. The van der Waals surface area contributed by atoms with Crippen LogP contribution in [-0.4, -0.2) is 64.2 Å². The third-order valence-corrected chi connectivity index (χ3v) is 0.190. The summed E-state index contributed by atoms with van der Waals surface area (Å²) in [6.07, 6.45) is -6.96. The van der Waals surface area contributed by atoms with E-state index in [-0.39, 0.29) is 51.4 Å². The molecule has 0 amide bonds. The van der Waals surface area contributed by atoms with Gasteiger partial charge in [-0.3, -0.25) is 0 Å². The molecule has 0 saturated carbocycles. The number of hydrogen-bond donors (Lipinski definition) is 0. The Balaban J connectivity index is 0. The van der Waals surface area contributed by atoms with Crippen molar-refractivity contribution < 1.29 is 17.6 Å². The molecule has 0 heterocycles. The Kier molecular flexibility index (Phi) is 8.78. The van der Waals surface area contributed by atoms with Gasteiger partial charge in [-0.25, -0.2) is 17.6 Å². The standard InChI is InChI=1S/C2H2F4.K/c3-1(4)2(5)6;/h1-2H;. The van der Waals surface area contributed by atoms with E-state index in [1.165, 1.54) is 0 Å². The Morgan fingerprint density at radius 1 is 0.714 bits per heavy atom. The summed E-state index contributed by atoms with van der Waals surface area (Å²) in [5.74, 6) is 0. The first kappa shape index (κ1) is 11.2. The van der Waals surface area contributed by atoms with Crippen molar-refractivity contribution in [2.75, 3.05) is 0 Å². The van der Waals surface area contributed by atoms with Gasteiger partial charge in [-0.15, -0.1) is 0 Å². The summed E-state index contributed by atoms with van der Waals surface area (Å²) in [5.41, 5.74) is 0. The Hall–Kier alpha value is 1.36. The van der Waals surface area contributed by atoms with Crippen LogP contribution in [0.25, 0.3) is 0 Å². The first-order chi connectivity index (χ1) is 2.64. The number of alkyl halides is 4. The molecular weight excluding hydrogens is 139 g/mol. The summed E-state index contributed by atoms with van der Waals surface area (Å²) < 4.78 is 41.6. The van der Waals surface area contributed by atoms with Crippen molar-refractivity contribution >= 4 is 51.4 Å². The van der Waals surface area contributed by atoms with E-state index in [4.69, 9.17) is 0 Å². The molecule has 0 aliphatic carbocycles. The molecule has 5 heteroatoms. The molecule has 7 heavy (non-hydrogen) atoms. The monoisotopic (exact) mass is 141 g/mol. The van der Waals surface area contributed by atoms with Gasteiger partial charge >= 0.3 is 0 Å². The van der Waals surface area contributed by atoms with Crippen LogP contribution in [0.1, 0.15) is 0 Å². The van der Waals surface area contributed by atoms with E-state index in [0.29, 0.717) is 0 Å². The van der Waals surface area contributed by atoms with Crippen molar-refractivity contribution in [1.82, 2.24) is 0 Å². The second-order valence-electron chi connectivity index (χ2n) is 0.669. The zero-order chi connectivity index (χ0) is 5.15. The molecule has 0 aromatic heterocycles. The first-order valence-electron chi connectivity index (χ1n) is 1.21. The zero-order valence-corrected chi connectivity index (χ0v) is 6.79. The minimum absolute atomic E-state index is 0. The van der Waals surface area contributed by atoms with Crippen LogP contribution in [-0.2, 0) is 0 Å². The number of rotatable bonds is 1. The van der Waals surface area contributed by atoms with Crippen LogP contribution in [0.3, 0.4) is 0 Å². The molecule has 1 radical (unpaired) electrons. The van der Waals surface area contributed by atoms with Gasteiger partial charge in [0.25, 0.3) is 12.9 Å². The molecule has 0 aromatic rings. The summed E-state index contributed by atoms with van der Waals surface area (Å²) in [5, 5.41) is 0. The van der Waals surface area contributed by atoms with Crippen LogP contribution in [0.5, 0.6) is 0 Å². The molecule has 0 unspecified atom stereocenters. The van der Waals surface area contributed by atoms with Crippen LogP contribution in [0.4, 0.5) is 17.6 Å². The van der Waals surface area contributed by atoms with Crippen molar-refractivity contribution in [3.63, 3.8) is 0 Å². The molecule has 0 saturated heterocycles. The molecule has 39 valence electrons. The summed E-state index contributed by atoms with van der Waals surface area (Å²) in [6.45, 7) is 0. The summed E-state index contributed by atoms with van der Waals surface area (Å²) in [4.78, 5) is 0. The molecule has 0 fully saturated rings. The van der Waals surface area contributed by atoms with Gasteiger partial charge in [0.2, 0.25) is 0 Å². The van der Waals surface area contributed by atoms with E-state index in [0.717, 1.165) is 0 Å². The molecule has 0 N–H and O–H groups in total. The van der Waals surface area contributed by atoms with Crippen LogP contribution in [0.2, 0.25) is 0 Å². The molecule has 0 nitrogen and oxygen atoms in total. The van der Waals surface area contributed by atoms with Crippen LogP contribution < -0.4 is 0 Å². The van der Waals surface area contributed by atoms with Gasteiger partial charge in [-0.1, -0.05) is 0 Å². The van der Waals surface area contributed by atoms with E-state index in [9.17, 15) is 17.6 Å². The molecule has 0 aliphatic rings. The largest absolute Gasteiger partial charge is 0.298 e. The van der Waals surface area contributed by atoms with Crippen molar-refractivity contribution in [2.45, 2.75) is 12.9 Å². The van der Waals surface area contributed by atoms with Gasteiger partial charge in [0.05, 0.1) is 0 Å². The normalized spacial score (nSPS) is 9.43. The molecule has 0 spiro atoms. The third kappa shape index (κ3) is 7.36. The number of halogens is 4. The SMILES string of the molecule is FC(F)C(F)F.[K]. The van der Waals surface area contributed by atoms with Gasteiger partial charge in [-0.2, -0.15) is 0 Å². The fraction of sp³-hybridized carbons (Fsp3) is 1.00. The molecular formula is C2H2F4K. The van der Waals surface area contributed by atoms with Gasteiger partial charge in [-0.05, 0) is 0 Å². The quantitative estimate of drug-likeness (QED) is 0.379. The van der Waals surface area contributed by atoms with Gasteiger partial charge in [0.15, 0.2) is 0 Å². The van der Waals surface area contributed by atoms with E-state index in [1.807, 2.05) is 0 Å². The third-order valence-electron chi connectivity index (χ3n) is 0.190. The fourth-order valence-corrected chi connectivity index (χ4v) is 0. The van der Waals surface area contributed by atoms with Crippen molar-refractivity contribution in [3.8, 4) is 0 Å². The maximum atomic E-state index is 10.4. The summed E-state index contributed by atoms with van der Waals surface area (Å²) in [7, 11) is 0. The van der Waals surface area contributed by atoms with Crippen molar-refractivity contribution in [3.05, 3.63) is 0 Å². The predicted molar refractivity (Wildman–Crippen MR) is 17.8 cm³/mol. The Morgan fingerprint density at radius 2 is 0.857 bits per heavy atom. The van der Waals surface area contributed by atoms with Gasteiger partial charge in [0.1, 0.15) is 0 Å². The fourth-order valence-electron chi connectivity index (χ4n) is 0.